The maximum atomic E-state index is 14.6. The lowest BCUT2D eigenvalue weighted by atomic mass is 9.70. The van der Waals surface area contributed by atoms with Crippen molar-refractivity contribution >= 4 is 11.6 Å². The molecule has 46 heavy (non-hydrogen) atoms. The van der Waals surface area contributed by atoms with Crippen molar-refractivity contribution in [2.75, 3.05) is 6.54 Å². The molecule has 0 fully saturated rings. The Morgan fingerprint density at radius 1 is 0.587 bits per heavy atom. The number of aromatic hydroxyl groups is 2. The van der Waals surface area contributed by atoms with E-state index in [-0.39, 0.29) is 51.1 Å². The molecule has 6 nitrogen and oxygen atoms in total. The summed E-state index contributed by atoms with van der Waals surface area (Å²) in [6.45, 7) is 28.6. The molecule has 0 amide bonds. The smallest absolute Gasteiger partial charge is 0.167 e. The third kappa shape index (κ3) is 8.60. The number of nitrogens with two attached hydrogens (primary N) is 2. The number of ketones is 2. The second-order valence-electron chi connectivity index (χ2n) is 17.7. The highest BCUT2D eigenvalue weighted by Crippen LogP contribution is 2.44. The van der Waals surface area contributed by atoms with E-state index in [2.05, 4.69) is 0 Å². The van der Waals surface area contributed by atoms with Gasteiger partial charge in [0.15, 0.2) is 11.6 Å². The van der Waals surface area contributed by atoms with E-state index in [4.69, 9.17) is 11.5 Å². The van der Waals surface area contributed by atoms with Crippen molar-refractivity contribution in [2.45, 2.75) is 162 Å². The number of phenols is 2. The summed E-state index contributed by atoms with van der Waals surface area (Å²) in [5.74, 6) is -1.54. The van der Waals surface area contributed by atoms with Gasteiger partial charge in [0.05, 0.1) is 0 Å². The van der Waals surface area contributed by atoms with Crippen molar-refractivity contribution in [3.63, 3.8) is 0 Å². The standard InChI is InChI=1S/C40H64N2O4/c1-24(26-20-28(36(3,4)5)32(43)29(21-26)37(6,7)8)34(45)40(42,18-16-15-17-19-41)35(46)25(2)27-22-30(38(9,10)11)33(44)31(23-27)39(12,13)14/h20-25,43-44H,15-19,41-42H2,1-14H3. The molecule has 2 aromatic carbocycles. The van der Waals surface area contributed by atoms with Crippen LogP contribution in [0.4, 0.5) is 0 Å². The highest BCUT2D eigenvalue weighted by Gasteiger charge is 2.46. The molecule has 2 rings (SSSR count). The number of Topliss-reactive ketones (excluding diaryl/α,β-unsaturated/α-hetero) is 2. The minimum absolute atomic E-state index is 0.214. The Kier molecular flexibility index (Phi) is 11.8. The van der Waals surface area contributed by atoms with Crippen LogP contribution in [0.1, 0.15) is 168 Å². The number of rotatable bonds is 11. The van der Waals surface area contributed by atoms with Crippen molar-refractivity contribution in [3.05, 3.63) is 57.6 Å². The molecule has 2 aromatic rings. The molecule has 0 saturated carbocycles. The van der Waals surface area contributed by atoms with Crippen molar-refractivity contribution < 1.29 is 19.8 Å². The SMILES string of the molecule is CC(C(=O)C(N)(CCCCCN)C(=O)C(C)c1cc(C(C)(C)C)c(O)c(C(C)(C)C)c1)c1cc(C(C)(C)C)c(O)c(C(C)(C)C)c1. The first kappa shape index (κ1) is 39.5. The van der Waals surface area contributed by atoms with Gasteiger partial charge < -0.3 is 21.7 Å². The first-order valence-electron chi connectivity index (χ1n) is 17.0. The Hall–Kier alpha value is -2.70. The van der Waals surface area contributed by atoms with Crippen LogP contribution in [0.25, 0.3) is 0 Å². The summed E-state index contributed by atoms with van der Waals surface area (Å²) in [5, 5.41) is 22.6. The molecule has 0 heterocycles. The average molecular weight is 637 g/mol. The molecule has 0 aliphatic rings. The molecule has 0 radical (unpaired) electrons. The fourth-order valence-corrected chi connectivity index (χ4v) is 6.27. The van der Waals surface area contributed by atoms with Crippen molar-refractivity contribution in [1.29, 1.82) is 0 Å². The second-order valence-corrected chi connectivity index (χ2v) is 17.7. The number of benzene rings is 2. The number of hydrogen-bond acceptors (Lipinski definition) is 6. The van der Waals surface area contributed by atoms with Gasteiger partial charge in [0.25, 0.3) is 0 Å². The lowest BCUT2D eigenvalue weighted by Crippen LogP contribution is -2.57. The Balaban J connectivity index is 2.76. The molecule has 258 valence electrons. The lowest BCUT2D eigenvalue weighted by molar-refractivity contribution is -0.136. The molecule has 0 aliphatic heterocycles. The largest absolute Gasteiger partial charge is 0.507 e. The Morgan fingerprint density at radius 2 is 0.870 bits per heavy atom. The summed E-state index contributed by atoms with van der Waals surface area (Å²) in [6, 6.07) is 7.62. The van der Waals surface area contributed by atoms with Gasteiger partial charge in [-0.3, -0.25) is 9.59 Å². The predicted molar refractivity (Wildman–Crippen MR) is 192 cm³/mol. The van der Waals surface area contributed by atoms with Crippen molar-refractivity contribution in [1.82, 2.24) is 0 Å². The Labute approximate surface area is 279 Å². The van der Waals surface area contributed by atoms with Crippen LogP contribution in [0.5, 0.6) is 11.5 Å². The van der Waals surface area contributed by atoms with E-state index in [1.165, 1.54) is 0 Å². The molecule has 6 N–H and O–H groups in total. The average Bonchev–Trinajstić information content (AvgIpc) is 2.91. The van der Waals surface area contributed by atoms with Gasteiger partial charge in [-0.1, -0.05) is 134 Å². The van der Waals surface area contributed by atoms with Gasteiger partial charge in [0.1, 0.15) is 17.0 Å². The molecule has 2 atom stereocenters. The summed E-state index contributed by atoms with van der Waals surface area (Å²) in [7, 11) is 0. The van der Waals surface area contributed by atoms with Gasteiger partial charge in [-0.2, -0.15) is 0 Å². The van der Waals surface area contributed by atoms with E-state index in [1.807, 2.05) is 121 Å². The lowest BCUT2D eigenvalue weighted by Gasteiger charge is -2.34. The van der Waals surface area contributed by atoms with Crippen LogP contribution in [0.2, 0.25) is 0 Å². The van der Waals surface area contributed by atoms with Gasteiger partial charge in [0, 0.05) is 11.8 Å². The third-order valence-corrected chi connectivity index (χ3v) is 9.44. The quantitative estimate of drug-likeness (QED) is 0.145. The highest BCUT2D eigenvalue weighted by molar-refractivity contribution is 6.15. The minimum atomic E-state index is -1.74. The molecule has 0 aliphatic carbocycles. The van der Waals surface area contributed by atoms with E-state index in [9.17, 15) is 19.8 Å². The summed E-state index contributed by atoms with van der Waals surface area (Å²) in [5.41, 5.74) is 14.1. The predicted octanol–water partition coefficient (Wildman–Crippen LogP) is 8.55. The normalized spacial score (nSPS) is 15.7. The maximum Gasteiger partial charge on any atom is 0.167 e. The minimum Gasteiger partial charge on any atom is -0.507 e. The molecule has 2 unspecified atom stereocenters. The van der Waals surface area contributed by atoms with E-state index >= 15 is 0 Å². The first-order valence-corrected chi connectivity index (χ1v) is 17.0. The molecular weight excluding hydrogens is 572 g/mol. The second kappa shape index (κ2) is 13.8. The fraction of sp³-hybridized carbons (Fsp3) is 0.650. The van der Waals surface area contributed by atoms with Gasteiger partial charge in [-0.15, -0.1) is 0 Å². The maximum absolute atomic E-state index is 14.6. The van der Waals surface area contributed by atoms with Crippen LogP contribution in [0.3, 0.4) is 0 Å². The van der Waals surface area contributed by atoms with Crippen LogP contribution >= 0.6 is 0 Å². The summed E-state index contributed by atoms with van der Waals surface area (Å²) in [4.78, 5) is 29.3. The van der Waals surface area contributed by atoms with Crippen LogP contribution in [-0.4, -0.2) is 33.9 Å². The van der Waals surface area contributed by atoms with Crippen LogP contribution in [-0.2, 0) is 31.2 Å². The van der Waals surface area contributed by atoms with E-state index in [0.29, 0.717) is 13.0 Å². The highest BCUT2D eigenvalue weighted by atomic mass is 16.3. The Morgan fingerprint density at radius 3 is 1.11 bits per heavy atom. The number of phenolic OH excluding ortho intramolecular Hbond substituents is 2. The number of carbonyl (C=O) groups excluding carboxylic acids is 2. The zero-order valence-electron chi connectivity index (χ0n) is 31.4. The van der Waals surface area contributed by atoms with Gasteiger partial charge in [-0.25, -0.2) is 0 Å². The van der Waals surface area contributed by atoms with E-state index in [1.54, 1.807) is 0 Å². The van der Waals surface area contributed by atoms with Gasteiger partial charge >= 0.3 is 0 Å². The molecule has 6 heteroatoms. The van der Waals surface area contributed by atoms with E-state index in [0.717, 1.165) is 46.2 Å². The molecular formula is C40H64N2O4. The molecule has 0 spiro atoms. The molecule has 0 aromatic heterocycles. The summed E-state index contributed by atoms with van der Waals surface area (Å²) >= 11 is 0. The van der Waals surface area contributed by atoms with E-state index < -0.39 is 17.4 Å². The summed E-state index contributed by atoms with van der Waals surface area (Å²) in [6.07, 6.45) is 2.36. The van der Waals surface area contributed by atoms with Crippen molar-refractivity contribution in [3.8, 4) is 11.5 Å². The number of carbonyl (C=O) groups is 2. The molecule has 0 saturated heterocycles. The van der Waals surface area contributed by atoms with Crippen LogP contribution < -0.4 is 11.5 Å². The molecule has 0 bridgehead atoms. The van der Waals surface area contributed by atoms with Crippen LogP contribution in [0, 0.1) is 0 Å². The zero-order chi connectivity index (χ0) is 35.8. The summed E-state index contributed by atoms with van der Waals surface area (Å²) < 4.78 is 0. The van der Waals surface area contributed by atoms with Gasteiger partial charge in [-0.05, 0) is 74.4 Å². The van der Waals surface area contributed by atoms with Gasteiger partial charge in [0.2, 0.25) is 0 Å². The monoisotopic (exact) mass is 636 g/mol. The number of hydrogen-bond donors (Lipinski definition) is 4. The zero-order valence-corrected chi connectivity index (χ0v) is 31.4. The topological polar surface area (TPSA) is 127 Å². The first-order chi connectivity index (χ1) is 20.7. The fourth-order valence-electron chi connectivity index (χ4n) is 6.27. The van der Waals surface area contributed by atoms with Crippen LogP contribution in [0.15, 0.2) is 24.3 Å². The number of unbranched alkanes of at least 4 members (excludes halogenated alkanes) is 2. The Bertz CT molecular complexity index is 1240. The third-order valence-electron chi connectivity index (χ3n) is 9.44. The van der Waals surface area contributed by atoms with Crippen molar-refractivity contribution in [2.24, 2.45) is 11.5 Å².